The highest BCUT2D eigenvalue weighted by atomic mass is 28.3. The number of hydrogen-bond acceptors (Lipinski definition) is 3. The Kier molecular flexibility index (Phi) is 13.5. The second-order valence-electron chi connectivity index (χ2n) is 13.9. The number of carbonyl (C=O) groups is 1. The molecular weight excluding hydrogens is 534 g/mol. The van der Waals surface area contributed by atoms with Gasteiger partial charge < -0.3 is 9.84 Å². The maximum absolute atomic E-state index is 15.5. The molecule has 1 N–H and O–H groups in total. The van der Waals surface area contributed by atoms with Crippen LogP contribution in [0.2, 0.25) is 19.1 Å². The molecule has 0 spiro atoms. The van der Waals surface area contributed by atoms with Gasteiger partial charge in [0.15, 0.2) is 11.6 Å². The molecule has 232 valence electrons. The second kappa shape index (κ2) is 16.4. The molecule has 3 nitrogen and oxygen atoms in total. The van der Waals surface area contributed by atoms with Crippen LogP contribution in [0.5, 0.6) is 0 Å². The summed E-state index contributed by atoms with van der Waals surface area (Å²) >= 11 is 0. The average molecular weight is 591 g/mol. The number of ether oxygens (including phenoxy) is 1. The van der Waals surface area contributed by atoms with Crippen LogP contribution < -0.4 is 5.19 Å². The fraction of sp³-hybridized carbons (Fsp3) is 0.743. The summed E-state index contributed by atoms with van der Waals surface area (Å²) in [5, 5.41) is 10.2. The molecule has 0 saturated heterocycles. The van der Waals surface area contributed by atoms with Crippen LogP contribution >= 0.6 is 0 Å². The van der Waals surface area contributed by atoms with E-state index in [1.54, 1.807) is 6.92 Å². The van der Waals surface area contributed by atoms with Gasteiger partial charge in [-0.2, -0.15) is 0 Å². The van der Waals surface area contributed by atoms with Crippen LogP contribution in [0.1, 0.15) is 115 Å². The summed E-state index contributed by atoms with van der Waals surface area (Å²) in [5.41, 5.74) is 0.911. The van der Waals surface area contributed by atoms with Gasteiger partial charge in [0.1, 0.15) is 0 Å². The van der Waals surface area contributed by atoms with Crippen LogP contribution in [0, 0.1) is 35.3 Å². The van der Waals surface area contributed by atoms with E-state index in [-0.39, 0.29) is 25.0 Å². The predicted octanol–water partition coefficient (Wildman–Crippen LogP) is 9.05. The van der Waals surface area contributed by atoms with Gasteiger partial charge in [0, 0.05) is 18.1 Å². The third-order valence-corrected chi connectivity index (χ3v) is 13.7. The van der Waals surface area contributed by atoms with Crippen LogP contribution in [0.3, 0.4) is 0 Å². The first-order valence-electron chi connectivity index (χ1n) is 16.5. The molecule has 1 unspecified atom stereocenters. The SMILES string of the molecule is C=C(C)C(=O)OCC(CO)CCC[Si](C)(C)c1ccc(C2CCC(C3CCC(CCCCC)CC3)CC2)c(F)c1F. The molecule has 1 atom stereocenters. The van der Waals surface area contributed by atoms with Gasteiger partial charge in [0.25, 0.3) is 0 Å². The molecule has 2 aliphatic rings. The van der Waals surface area contributed by atoms with Gasteiger partial charge in [-0.1, -0.05) is 89.7 Å². The molecule has 0 aliphatic heterocycles. The van der Waals surface area contributed by atoms with Gasteiger partial charge in [0.05, 0.1) is 14.7 Å². The molecule has 2 aliphatic carbocycles. The molecule has 0 radical (unpaired) electrons. The maximum Gasteiger partial charge on any atom is 0.333 e. The summed E-state index contributed by atoms with van der Waals surface area (Å²) in [6, 6.07) is 4.52. The molecule has 2 fully saturated rings. The second-order valence-corrected chi connectivity index (χ2v) is 18.7. The molecule has 6 heteroatoms. The Hall–Kier alpha value is -1.53. The zero-order valence-electron chi connectivity index (χ0n) is 26.3. The Balaban J connectivity index is 1.50. The molecular formula is C35H56F2O3Si. The van der Waals surface area contributed by atoms with Crippen molar-refractivity contribution in [3.05, 3.63) is 41.5 Å². The first-order valence-corrected chi connectivity index (χ1v) is 19.7. The molecule has 0 amide bonds. The number of esters is 1. The lowest BCUT2D eigenvalue weighted by Gasteiger charge is -2.38. The number of rotatable bonds is 15. The van der Waals surface area contributed by atoms with E-state index in [1.807, 2.05) is 12.1 Å². The van der Waals surface area contributed by atoms with E-state index >= 15 is 8.78 Å². The number of unbranched alkanes of at least 4 members (excludes halogenated alkanes) is 2. The lowest BCUT2D eigenvalue weighted by atomic mass is 9.68. The molecule has 0 heterocycles. The van der Waals surface area contributed by atoms with E-state index < -0.39 is 25.7 Å². The summed E-state index contributed by atoms with van der Waals surface area (Å²) in [5.74, 6) is 0.756. The Morgan fingerprint density at radius 3 is 2.22 bits per heavy atom. The normalized spacial score (nSPS) is 24.2. The maximum atomic E-state index is 15.5. The van der Waals surface area contributed by atoms with E-state index in [0.29, 0.717) is 22.7 Å². The highest BCUT2D eigenvalue weighted by Crippen LogP contribution is 2.45. The summed E-state index contributed by atoms with van der Waals surface area (Å²) in [4.78, 5) is 11.7. The molecule has 0 aromatic heterocycles. The molecule has 2 saturated carbocycles. The lowest BCUT2D eigenvalue weighted by Crippen LogP contribution is -2.44. The van der Waals surface area contributed by atoms with Crippen molar-refractivity contribution < 1.29 is 23.4 Å². The van der Waals surface area contributed by atoms with Gasteiger partial charge >= 0.3 is 5.97 Å². The van der Waals surface area contributed by atoms with Gasteiger partial charge in [-0.05, 0) is 86.3 Å². The Labute approximate surface area is 249 Å². The third kappa shape index (κ3) is 9.74. The first kappa shape index (κ1) is 34.0. The van der Waals surface area contributed by atoms with E-state index in [4.69, 9.17) is 4.74 Å². The van der Waals surface area contributed by atoms with Gasteiger partial charge in [0.2, 0.25) is 0 Å². The van der Waals surface area contributed by atoms with Crippen LogP contribution in [-0.2, 0) is 9.53 Å². The first-order chi connectivity index (χ1) is 19.6. The summed E-state index contributed by atoms with van der Waals surface area (Å²) in [7, 11) is -2.24. The largest absolute Gasteiger partial charge is 0.462 e. The standard InChI is InChI=1S/C35H56F2O3Si/c1-6-7-8-10-26-12-14-28(15-13-26)29-16-18-30(19-17-29)31-20-21-32(34(37)33(31)36)41(4,5)22-9-11-27(23-38)24-40-35(39)25(2)3/h20-21,26-30,38H,2,6-19,22-24H2,1,3-5H3. The van der Waals surface area contributed by atoms with E-state index in [2.05, 4.69) is 26.6 Å². The van der Waals surface area contributed by atoms with Gasteiger partial charge in [-0.3, -0.25) is 0 Å². The fourth-order valence-corrected chi connectivity index (χ4v) is 10.0. The van der Waals surface area contributed by atoms with Crippen LogP contribution in [0.25, 0.3) is 0 Å². The van der Waals surface area contributed by atoms with Crippen molar-refractivity contribution in [2.75, 3.05) is 13.2 Å². The molecule has 41 heavy (non-hydrogen) atoms. The number of benzene rings is 1. The van der Waals surface area contributed by atoms with Crippen LogP contribution in [0.4, 0.5) is 8.78 Å². The van der Waals surface area contributed by atoms with Crippen LogP contribution in [-0.4, -0.2) is 32.4 Å². The highest BCUT2D eigenvalue weighted by Gasteiger charge is 2.34. The number of aliphatic hydroxyl groups is 1. The molecule has 1 aromatic rings. The molecule has 0 bridgehead atoms. The summed E-state index contributed by atoms with van der Waals surface area (Å²) in [6.45, 7) is 11.7. The summed E-state index contributed by atoms with van der Waals surface area (Å²) in [6.07, 6.45) is 16.6. The van der Waals surface area contributed by atoms with Crippen molar-refractivity contribution in [3.63, 3.8) is 0 Å². The zero-order chi connectivity index (χ0) is 30.0. The number of aliphatic hydroxyl groups excluding tert-OH is 1. The number of halogens is 2. The minimum Gasteiger partial charge on any atom is -0.462 e. The Morgan fingerprint density at radius 2 is 1.63 bits per heavy atom. The highest BCUT2D eigenvalue weighted by molar-refractivity contribution is 6.89. The Bertz CT molecular complexity index is 978. The van der Waals surface area contributed by atoms with Crippen molar-refractivity contribution >= 4 is 19.2 Å². The van der Waals surface area contributed by atoms with E-state index in [1.165, 1.54) is 51.4 Å². The molecule has 3 rings (SSSR count). The lowest BCUT2D eigenvalue weighted by molar-refractivity contribution is -0.140. The van der Waals surface area contributed by atoms with Crippen LogP contribution in [0.15, 0.2) is 24.3 Å². The smallest absolute Gasteiger partial charge is 0.333 e. The average Bonchev–Trinajstić information content (AvgIpc) is 2.96. The molecule has 1 aromatic carbocycles. The van der Waals surface area contributed by atoms with E-state index in [0.717, 1.165) is 55.9 Å². The van der Waals surface area contributed by atoms with E-state index in [9.17, 15) is 9.90 Å². The van der Waals surface area contributed by atoms with Crippen molar-refractivity contribution in [2.45, 2.75) is 129 Å². The minimum absolute atomic E-state index is 0.0777. The van der Waals surface area contributed by atoms with Gasteiger partial charge in [-0.25, -0.2) is 13.6 Å². The number of hydrogen-bond donors (Lipinski definition) is 1. The quantitative estimate of drug-likeness (QED) is 0.0959. The predicted molar refractivity (Wildman–Crippen MR) is 168 cm³/mol. The summed E-state index contributed by atoms with van der Waals surface area (Å²) < 4.78 is 36.2. The zero-order valence-corrected chi connectivity index (χ0v) is 27.3. The monoisotopic (exact) mass is 590 g/mol. The fourth-order valence-electron chi connectivity index (χ4n) is 7.45. The van der Waals surface area contributed by atoms with Crippen molar-refractivity contribution in [2.24, 2.45) is 23.7 Å². The minimum atomic E-state index is -2.24. The topological polar surface area (TPSA) is 46.5 Å². The van der Waals surface area contributed by atoms with Crippen molar-refractivity contribution in [1.29, 1.82) is 0 Å². The third-order valence-electron chi connectivity index (χ3n) is 10.3. The van der Waals surface area contributed by atoms with Crippen molar-refractivity contribution in [1.82, 2.24) is 0 Å². The van der Waals surface area contributed by atoms with Gasteiger partial charge in [-0.15, -0.1) is 0 Å². The number of carbonyl (C=O) groups excluding carboxylic acids is 1. The Morgan fingerprint density at radius 1 is 1.00 bits per heavy atom. The van der Waals surface area contributed by atoms with Crippen molar-refractivity contribution in [3.8, 4) is 0 Å².